The van der Waals surface area contributed by atoms with E-state index in [4.69, 9.17) is 4.74 Å². The summed E-state index contributed by atoms with van der Waals surface area (Å²) in [6, 6.07) is 13.4. The van der Waals surface area contributed by atoms with Crippen molar-refractivity contribution >= 4 is 29.9 Å². The first-order valence-corrected chi connectivity index (χ1v) is 12.3. The van der Waals surface area contributed by atoms with Crippen molar-refractivity contribution in [2.24, 2.45) is 5.92 Å². The van der Waals surface area contributed by atoms with Gasteiger partial charge in [-0.15, -0.1) is 0 Å². The lowest BCUT2D eigenvalue weighted by Crippen LogP contribution is -2.52. The normalized spacial score (nSPS) is 21.3. The largest absolute Gasteiger partial charge is 0.445 e. The molecule has 1 N–H and O–H groups in total. The van der Waals surface area contributed by atoms with Crippen molar-refractivity contribution in [3.8, 4) is 0 Å². The third kappa shape index (κ3) is 4.72. The number of amides is 3. The van der Waals surface area contributed by atoms with Crippen LogP contribution in [-0.2, 0) is 31.1 Å². The number of ether oxygens (including phenoxy) is 1. The molecular formula is C28H33N3O5. The number of carbonyl (C=O) groups excluding carboxylic acids is 4. The molecule has 2 heterocycles. The van der Waals surface area contributed by atoms with E-state index in [2.05, 4.69) is 5.32 Å². The van der Waals surface area contributed by atoms with Crippen molar-refractivity contribution in [2.45, 2.75) is 57.7 Å². The van der Waals surface area contributed by atoms with Crippen LogP contribution in [0.2, 0.25) is 0 Å². The maximum Gasteiger partial charge on any atom is 0.410 e. The van der Waals surface area contributed by atoms with Crippen molar-refractivity contribution in [1.82, 2.24) is 9.80 Å². The van der Waals surface area contributed by atoms with Gasteiger partial charge in [0.05, 0.1) is 11.5 Å². The maximum absolute atomic E-state index is 13.9. The van der Waals surface area contributed by atoms with Crippen LogP contribution in [0.4, 0.5) is 10.5 Å². The molecule has 0 saturated carbocycles. The summed E-state index contributed by atoms with van der Waals surface area (Å²) in [4.78, 5) is 54.9. The van der Waals surface area contributed by atoms with Gasteiger partial charge in [-0.3, -0.25) is 14.5 Å². The second kappa shape index (κ2) is 10.1. The summed E-state index contributed by atoms with van der Waals surface area (Å²) in [5, 5.41) is 2.92. The van der Waals surface area contributed by atoms with Gasteiger partial charge in [-0.2, -0.15) is 0 Å². The number of anilines is 1. The molecule has 1 saturated heterocycles. The van der Waals surface area contributed by atoms with Gasteiger partial charge in [0, 0.05) is 19.3 Å². The van der Waals surface area contributed by atoms with E-state index >= 15 is 0 Å². The number of aryl methyl sites for hydroxylation is 1. The summed E-state index contributed by atoms with van der Waals surface area (Å²) < 4.78 is 5.47. The van der Waals surface area contributed by atoms with Crippen molar-refractivity contribution in [3.05, 3.63) is 65.2 Å². The van der Waals surface area contributed by atoms with Gasteiger partial charge in [0.25, 0.3) is 0 Å². The topological polar surface area (TPSA) is 96.0 Å². The Kier molecular flexibility index (Phi) is 7.15. The highest BCUT2D eigenvalue weighted by Crippen LogP contribution is 2.46. The molecule has 1 fully saturated rings. The fraction of sp³-hybridized carbons (Fsp3) is 0.429. The number of benzene rings is 2. The van der Waals surface area contributed by atoms with Crippen LogP contribution in [0.1, 0.15) is 43.4 Å². The lowest BCUT2D eigenvalue weighted by molar-refractivity contribution is -0.139. The molecular weight excluding hydrogens is 458 g/mol. The molecule has 0 aromatic heterocycles. The standard InChI is InChI=1S/C28H33N3O5/c1-18(2)12-24(30(4)27(35)36-16-20-8-6-5-7-9-20)25(33)31-17-28(14-21(31)15-32)22-13-19(3)10-11-23(22)29-26(28)34/h5-11,13,15,18,21,24H,12,14,16-17H2,1-4H3,(H,29,34)/t21-,24-,28-/m0/s1. The van der Waals surface area contributed by atoms with Crippen LogP contribution in [0.5, 0.6) is 0 Å². The minimum atomic E-state index is -0.989. The van der Waals surface area contributed by atoms with Crippen LogP contribution < -0.4 is 5.32 Å². The van der Waals surface area contributed by atoms with E-state index in [9.17, 15) is 19.2 Å². The zero-order chi connectivity index (χ0) is 26.0. The van der Waals surface area contributed by atoms with Crippen molar-refractivity contribution in [1.29, 1.82) is 0 Å². The summed E-state index contributed by atoms with van der Waals surface area (Å²) in [5.74, 6) is -0.459. The van der Waals surface area contributed by atoms with Gasteiger partial charge in [-0.1, -0.05) is 61.9 Å². The van der Waals surface area contributed by atoms with Gasteiger partial charge in [-0.25, -0.2) is 4.79 Å². The zero-order valence-electron chi connectivity index (χ0n) is 21.2. The lowest BCUT2D eigenvalue weighted by atomic mass is 9.79. The molecule has 36 heavy (non-hydrogen) atoms. The summed E-state index contributed by atoms with van der Waals surface area (Å²) >= 11 is 0. The van der Waals surface area contributed by atoms with Crippen LogP contribution in [0.15, 0.2) is 48.5 Å². The molecule has 2 aromatic rings. The minimum absolute atomic E-state index is 0.0824. The number of nitrogens with zero attached hydrogens (tertiary/aromatic N) is 2. The second-order valence-corrected chi connectivity index (χ2v) is 10.3. The maximum atomic E-state index is 13.9. The highest BCUT2D eigenvalue weighted by molar-refractivity contribution is 6.08. The fourth-order valence-corrected chi connectivity index (χ4v) is 5.20. The molecule has 8 heteroatoms. The molecule has 0 radical (unpaired) electrons. The minimum Gasteiger partial charge on any atom is -0.445 e. The number of nitrogens with one attached hydrogen (secondary N) is 1. The van der Waals surface area contributed by atoms with Gasteiger partial charge >= 0.3 is 6.09 Å². The van der Waals surface area contributed by atoms with Gasteiger partial charge in [0.1, 0.15) is 18.9 Å². The lowest BCUT2D eigenvalue weighted by Gasteiger charge is -2.33. The smallest absolute Gasteiger partial charge is 0.410 e. The van der Waals surface area contributed by atoms with Gasteiger partial charge in [0.15, 0.2) is 0 Å². The third-order valence-corrected chi connectivity index (χ3v) is 7.15. The van der Waals surface area contributed by atoms with E-state index in [0.29, 0.717) is 12.1 Å². The summed E-state index contributed by atoms with van der Waals surface area (Å²) in [5.41, 5.74) is 2.37. The molecule has 2 aliphatic heterocycles. The Morgan fingerprint density at radius 1 is 1.22 bits per heavy atom. The second-order valence-electron chi connectivity index (χ2n) is 10.3. The van der Waals surface area contributed by atoms with Gasteiger partial charge in [0.2, 0.25) is 11.8 Å². The van der Waals surface area contributed by atoms with Crippen LogP contribution in [0.25, 0.3) is 0 Å². The molecule has 4 rings (SSSR count). The number of carbonyl (C=O) groups is 4. The molecule has 0 aliphatic carbocycles. The Labute approximate surface area is 211 Å². The Bertz CT molecular complexity index is 1170. The zero-order valence-corrected chi connectivity index (χ0v) is 21.2. The van der Waals surface area contributed by atoms with Crippen LogP contribution in [0, 0.1) is 12.8 Å². The van der Waals surface area contributed by atoms with E-state index in [0.717, 1.165) is 23.0 Å². The molecule has 3 atom stereocenters. The van der Waals surface area contributed by atoms with E-state index in [1.54, 1.807) is 7.05 Å². The van der Waals surface area contributed by atoms with Crippen molar-refractivity contribution in [2.75, 3.05) is 18.9 Å². The molecule has 2 aromatic carbocycles. The first kappa shape index (κ1) is 25.4. The van der Waals surface area contributed by atoms with Gasteiger partial charge in [-0.05, 0) is 42.9 Å². The van der Waals surface area contributed by atoms with E-state index in [-0.39, 0.29) is 37.3 Å². The van der Waals surface area contributed by atoms with Crippen molar-refractivity contribution in [3.63, 3.8) is 0 Å². The van der Waals surface area contributed by atoms with E-state index in [1.165, 1.54) is 9.80 Å². The first-order chi connectivity index (χ1) is 17.2. The number of aldehydes is 1. The Morgan fingerprint density at radius 2 is 1.94 bits per heavy atom. The highest BCUT2D eigenvalue weighted by atomic mass is 16.6. The summed E-state index contributed by atoms with van der Waals surface area (Å²) in [6.45, 7) is 6.05. The first-order valence-electron chi connectivity index (χ1n) is 12.3. The number of likely N-dealkylation sites (N-methyl/N-ethyl adjacent to an activating group) is 1. The fourth-order valence-electron chi connectivity index (χ4n) is 5.20. The third-order valence-electron chi connectivity index (χ3n) is 7.15. The molecule has 190 valence electrons. The number of hydrogen-bond donors (Lipinski definition) is 1. The molecule has 0 unspecified atom stereocenters. The van der Waals surface area contributed by atoms with E-state index in [1.807, 2.05) is 69.3 Å². The predicted octanol–water partition coefficient (Wildman–Crippen LogP) is 3.67. The number of hydrogen-bond acceptors (Lipinski definition) is 5. The number of likely N-dealkylation sites (tertiary alicyclic amines) is 1. The highest BCUT2D eigenvalue weighted by Gasteiger charge is 2.56. The Hall–Kier alpha value is -3.68. The monoisotopic (exact) mass is 491 g/mol. The molecule has 2 aliphatic rings. The van der Waals surface area contributed by atoms with E-state index < -0.39 is 23.6 Å². The summed E-state index contributed by atoms with van der Waals surface area (Å²) in [7, 11) is 1.54. The number of rotatable bonds is 7. The average Bonchev–Trinajstić information content (AvgIpc) is 3.39. The quantitative estimate of drug-likeness (QED) is 0.597. The molecule has 3 amide bonds. The SMILES string of the molecule is Cc1ccc2c(c1)[C@@]1(C[C@@H](C=O)N(C(=O)[C@H](CC(C)C)N(C)C(=O)OCc3ccccc3)C1)C(=O)N2. The van der Waals surface area contributed by atoms with Crippen molar-refractivity contribution < 1.29 is 23.9 Å². The molecule has 0 bridgehead atoms. The van der Waals surface area contributed by atoms with Gasteiger partial charge < -0.3 is 19.7 Å². The van der Waals surface area contributed by atoms with Crippen LogP contribution >= 0.6 is 0 Å². The number of fused-ring (bicyclic) bond motifs is 2. The summed E-state index contributed by atoms with van der Waals surface area (Å²) in [6.07, 6.45) is 0.718. The van der Waals surface area contributed by atoms with Crippen LogP contribution in [-0.4, -0.2) is 59.7 Å². The van der Waals surface area contributed by atoms with Crippen LogP contribution in [0.3, 0.4) is 0 Å². The molecule has 8 nitrogen and oxygen atoms in total. The Morgan fingerprint density at radius 3 is 2.61 bits per heavy atom. The average molecular weight is 492 g/mol. The molecule has 1 spiro atoms. The predicted molar refractivity (Wildman–Crippen MR) is 135 cm³/mol. The Balaban J connectivity index is 1.57.